The molecular weight excluding hydrogens is 412 g/mol. The van der Waals surface area contributed by atoms with Crippen molar-refractivity contribution in [1.29, 1.82) is 0 Å². The Morgan fingerprint density at radius 1 is 1.00 bits per heavy atom. The van der Waals surface area contributed by atoms with Gasteiger partial charge in [0.1, 0.15) is 10.6 Å². The lowest BCUT2D eigenvalue weighted by Crippen LogP contribution is -2.28. The molecule has 0 aromatic heterocycles. The Balaban J connectivity index is 2.01. The molecule has 0 unspecified atom stereocenters. The van der Waals surface area contributed by atoms with Gasteiger partial charge in [-0.1, -0.05) is 45.9 Å². The molecule has 1 amide bonds. The van der Waals surface area contributed by atoms with Crippen LogP contribution >= 0.6 is 0 Å². The number of sulfonamides is 1. The molecule has 1 fully saturated rings. The molecule has 6 nitrogen and oxygen atoms in total. The highest BCUT2D eigenvalue weighted by molar-refractivity contribution is 7.89. The second kappa shape index (κ2) is 9.40. The maximum absolute atomic E-state index is 13.2. The summed E-state index contributed by atoms with van der Waals surface area (Å²) >= 11 is 0. The molecule has 1 N–H and O–H groups in total. The third kappa shape index (κ3) is 4.77. The van der Waals surface area contributed by atoms with Gasteiger partial charge < -0.3 is 10.1 Å². The first-order valence-corrected chi connectivity index (χ1v) is 12.2. The maximum atomic E-state index is 13.2. The van der Waals surface area contributed by atoms with Gasteiger partial charge in [0.2, 0.25) is 10.0 Å². The minimum Gasteiger partial charge on any atom is -0.495 e. The third-order valence-corrected chi connectivity index (χ3v) is 7.64. The van der Waals surface area contributed by atoms with Crippen molar-refractivity contribution in [3.05, 3.63) is 53.1 Å². The molecule has 0 bridgehead atoms. The number of carbonyl (C=O) groups excluding carboxylic acids is 1. The first-order valence-electron chi connectivity index (χ1n) is 10.8. The molecule has 1 saturated heterocycles. The lowest BCUT2D eigenvalue weighted by molar-refractivity contribution is 0.102. The SMILES string of the molecule is COc1ccc(C(=O)Nc2c(C(C)C)cccc2C(C)C)cc1S(=O)(=O)N1CCCC1. The van der Waals surface area contributed by atoms with Crippen molar-refractivity contribution in [1.82, 2.24) is 4.31 Å². The van der Waals surface area contributed by atoms with Crippen molar-refractivity contribution in [3.63, 3.8) is 0 Å². The number of amides is 1. The third-order valence-electron chi connectivity index (χ3n) is 5.72. The number of para-hydroxylation sites is 1. The van der Waals surface area contributed by atoms with Crippen LogP contribution < -0.4 is 10.1 Å². The Morgan fingerprint density at radius 3 is 2.10 bits per heavy atom. The average molecular weight is 445 g/mol. The van der Waals surface area contributed by atoms with Gasteiger partial charge in [0.15, 0.2) is 0 Å². The molecular formula is C24H32N2O4S. The fourth-order valence-corrected chi connectivity index (χ4v) is 5.67. The Hall–Kier alpha value is -2.38. The van der Waals surface area contributed by atoms with E-state index in [1.54, 1.807) is 12.1 Å². The monoisotopic (exact) mass is 444 g/mol. The molecule has 0 aliphatic carbocycles. The zero-order chi connectivity index (χ0) is 22.8. The zero-order valence-electron chi connectivity index (χ0n) is 18.9. The van der Waals surface area contributed by atoms with Crippen LogP contribution in [0.2, 0.25) is 0 Å². The molecule has 7 heteroatoms. The molecule has 0 saturated carbocycles. The van der Waals surface area contributed by atoms with Crippen LogP contribution in [0.25, 0.3) is 0 Å². The number of anilines is 1. The molecule has 0 radical (unpaired) electrons. The number of benzene rings is 2. The Kier molecular flexibility index (Phi) is 7.06. The number of nitrogens with one attached hydrogen (secondary N) is 1. The second-order valence-corrected chi connectivity index (χ2v) is 10.5. The number of nitrogens with zero attached hydrogens (tertiary/aromatic N) is 1. The summed E-state index contributed by atoms with van der Waals surface area (Å²) in [4.78, 5) is 13.2. The van der Waals surface area contributed by atoms with E-state index in [1.165, 1.54) is 17.5 Å². The van der Waals surface area contributed by atoms with Crippen molar-refractivity contribution in [2.45, 2.75) is 57.3 Å². The van der Waals surface area contributed by atoms with Gasteiger partial charge in [0.25, 0.3) is 5.91 Å². The van der Waals surface area contributed by atoms with E-state index in [4.69, 9.17) is 4.74 Å². The fraction of sp³-hybridized carbons (Fsp3) is 0.458. The average Bonchev–Trinajstić information content (AvgIpc) is 3.28. The topological polar surface area (TPSA) is 75.7 Å². The van der Waals surface area contributed by atoms with Crippen molar-refractivity contribution in [3.8, 4) is 5.75 Å². The van der Waals surface area contributed by atoms with Crippen molar-refractivity contribution >= 4 is 21.6 Å². The standard InChI is InChI=1S/C24H32N2O4S/c1-16(2)19-9-8-10-20(17(3)4)23(19)25-24(27)18-11-12-21(30-5)22(15-18)31(28,29)26-13-6-7-14-26/h8-12,15-17H,6-7,13-14H2,1-5H3,(H,25,27). The Bertz CT molecular complexity index is 1030. The summed E-state index contributed by atoms with van der Waals surface area (Å²) in [6.45, 7) is 9.32. The molecule has 0 atom stereocenters. The van der Waals surface area contributed by atoms with Gasteiger partial charge in [-0.05, 0) is 54.0 Å². The number of hydrogen-bond acceptors (Lipinski definition) is 4. The number of carbonyl (C=O) groups is 1. The van der Waals surface area contributed by atoms with E-state index in [0.29, 0.717) is 13.1 Å². The Labute approximate surface area is 185 Å². The van der Waals surface area contributed by atoms with Crippen LogP contribution in [0.1, 0.15) is 73.9 Å². The number of rotatable bonds is 7. The minimum atomic E-state index is -3.73. The van der Waals surface area contributed by atoms with Crippen LogP contribution in [-0.4, -0.2) is 38.8 Å². The summed E-state index contributed by atoms with van der Waals surface area (Å²) in [5.74, 6) is 0.372. The molecule has 1 heterocycles. The van der Waals surface area contributed by atoms with E-state index < -0.39 is 10.0 Å². The lowest BCUT2D eigenvalue weighted by atomic mass is 9.92. The number of methoxy groups -OCH3 is 1. The van der Waals surface area contributed by atoms with Gasteiger partial charge in [-0.3, -0.25) is 4.79 Å². The largest absolute Gasteiger partial charge is 0.495 e. The molecule has 3 rings (SSSR count). The van der Waals surface area contributed by atoms with Crippen molar-refractivity contribution < 1.29 is 17.9 Å². The predicted octanol–water partition coefficient (Wildman–Crippen LogP) is 4.98. The Morgan fingerprint density at radius 2 is 1.58 bits per heavy atom. The zero-order valence-corrected chi connectivity index (χ0v) is 19.8. The van der Waals surface area contributed by atoms with Gasteiger partial charge in [-0.15, -0.1) is 0 Å². The molecule has 0 spiro atoms. The van der Waals surface area contributed by atoms with E-state index in [-0.39, 0.29) is 34.0 Å². The van der Waals surface area contributed by atoms with E-state index in [1.807, 2.05) is 18.2 Å². The highest BCUT2D eigenvalue weighted by Crippen LogP contribution is 2.34. The molecule has 1 aliphatic rings. The van der Waals surface area contributed by atoms with Crippen LogP contribution in [0.15, 0.2) is 41.3 Å². The fourth-order valence-electron chi connectivity index (χ4n) is 3.97. The van der Waals surface area contributed by atoms with Crippen molar-refractivity contribution in [2.75, 3.05) is 25.5 Å². The lowest BCUT2D eigenvalue weighted by Gasteiger charge is -2.21. The normalized spacial score (nSPS) is 14.9. The minimum absolute atomic E-state index is 0.0331. The number of hydrogen-bond donors (Lipinski definition) is 1. The summed E-state index contributed by atoms with van der Waals surface area (Å²) in [5, 5.41) is 3.06. The molecule has 2 aromatic rings. The van der Waals surface area contributed by atoms with E-state index in [9.17, 15) is 13.2 Å². The van der Waals surface area contributed by atoms with E-state index in [2.05, 4.69) is 33.0 Å². The van der Waals surface area contributed by atoms with Crippen LogP contribution in [0.3, 0.4) is 0 Å². The van der Waals surface area contributed by atoms with Crippen molar-refractivity contribution in [2.24, 2.45) is 0 Å². The maximum Gasteiger partial charge on any atom is 0.255 e. The summed E-state index contributed by atoms with van der Waals surface area (Å²) in [7, 11) is -2.29. The summed E-state index contributed by atoms with van der Waals surface area (Å²) in [6, 6.07) is 10.6. The van der Waals surface area contributed by atoms with Gasteiger partial charge in [0, 0.05) is 24.3 Å². The molecule has 168 valence electrons. The predicted molar refractivity (Wildman–Crippen MR) is 124 cm³/mol. The molecule has 31 heavy (non-hydrogen) atoms. The van der Waals surface area contributed by atoms with Crippen LogP contribution in [-0.2, 0) is 10.0 Å². The van der Waals surface area contributed by atoms with Gasteiger partial charge >= 0.3 is 0 Å². The smallest absolute Gasteiger partial charge is 0.255 e. The molecule has 2 aromatic carbocycles. The molecule has 1 aliphatic heterocycles. The number of ether oxygens (including phenoxy) is 1. The van der Waals surface area contributed by atoms with Crippen LogP contribution in [0, 0.1) is 0 Å². The summed E-state index contributed by atoms with van der Waals surface area (Å²) in [6.07, 6.45) is 1.68. The van der Waals surface area contributed by atoms with Gasteiger partial charge in [0.05, 0.1) is 7.11 Å². The van der Waals surface area contributed by atoms with E-state index in [0.717, 1.165) is 29.7 Å². The summed E-state index contributed by atoms with van der Waals surface area (Å²) in [5.41, 5.74) is 3.19. The van der Waals surface area contributed by atoms with Gasteiger partial charge in [-0.25, -0.2) is 8.42 Å². The van der Waals surface area contributed by atoms with Crippen LogP contribution in [0.4, 0.5) is 5.69 Å². The quantitative estimate of drug-likeness (QED) is 0.654. The van der Waals surface area contributed by atoms with Crippen LogP contribution in [0.5, 0.6) is 5.75 Å². The highest BCUT2D eigenvalue weighted by Gasteiger charge is 2.31. The first kappa shape index (κ1) is 23.3. The second-order valence-electron chi connectivity index (χ2n) is 8.55. The van der Waals surface area contributed by atoms with Gasteiger partial charge in [-0.2, -0.15) is 4.31 Å². The van der Waals surface area contributed by atoms with E-state index >= 15 is 0 Å². The highest BCUT2D eigenvalue weighted by atomic mass is 32.2. The summed E-state index contributed by atoms with van der Waals surface area (Å²) < 4.78 is 33.1. The first-order chi connectivity index (χ1) is 14.7.